The minimum Gasteiger partial charge on any atom is -0.397 e. The number of hydrogen-bond donors (Lipinski definition) is 2. The number of ether oxygens (including phenoxy) is 1. The van der Waals surface area contributed by atoms with Gasteiger partial charge in [0, 0.05) is 19.6 Å². The lowest BCUT2D eigenvalue weighted by atomic mass is 10.2. The molecule has 1 aliphatic rings. The molecule has 2 rings (SSSR count). The third kappa shape index (κ3) is 5.31. The Bertz CT molecular complexity index is 734. The van der Waals surface area contributed by atoms with Crippen LogP contribution >= 0.6 is 0 Å². The second-order valence-electron chi connectivity index (χ2n) is 5.64. The Hall–Kier alpha value is -1.86. The van der Waals surface area contributed by atoms with Crippen molar-refractivity contribution in [1.29, 1.82) is 0 Å². The number of halogens is 3. The maximum absolute atomic E-state index is 12.3. The largest absolute Gasteiger partial charge is 0.491 e. The lowest BCUT2D eigenvalue weighted by Crippen LogP contribution is -2.40. The highest BCUT2D eigenvalue weighted by Gasteiger charge is 2.42. The number of esters is 1. The standard InChI is InChI=1S/C12H18F3N5O4S/c1-19-5-3-4-8(19)6-16-25(22,23)18-9-7-20(2)17-10(9)24-11(21)12(13,14)15/h7-8,16,18H,3-6H2,1-2H3/t8-/m0/s1. The van der Waals surface area contributed by atoms with Crippen molar-refractivity contribution in [3.05, 3.63) is 6.20 Å². The number of carbonyl (C=O) groups is 1. The summed E-state index contributed by atoms with van der Waals surface area (Å²) in [6.07, 6.45) is -2.35. The predicted molar refractivity (Wildman–Crippen MR) is 81.1 cm³/mol. The van der Waals surface area contributed by atoms with E-state index in [1.54, 1.807) is 0 Å². The zero-order valence-corrected chi connectivity index (χ0v) is 14.3. The average Bonchev–Trinajstić information content (AvgIpc) is 3.01. The Morgan fingerprint density at radius 1 is 1.44 bits per heavy atom. The molecule has 1 saturated heterocycles. The summed E-state index contributed by atoms with van der Waals surface area (Å²) in [6.45, 7) is 1.00. The van der Waals surface area contributed by atoms with Gasteiger partial charge in [0.15, 0.2) is 0 Å². The van der Waals surface area contributed by atoms with Crippen LogP contribution in [0.2, 0.25) is 0 Å². The highest BCUT2D eigenvalue weighted by atomic mass is 32.2. The molecule has 142 valence electrons. The summed E-state index contributed by atoms with van der Waals surface area (Å²) < 4.78 is 70.4. The number of alkyl halides is 3. The highest BCUT2D eigenvalue weighted by molar-refractivity contribution is 7.90. The fraction of sp³-hybridized carbons (Fsp3) is 0.667. The second-order valence-corrected chi connectivity index (χ2v) is 7.14. The molecule has 0 saturated carbocycles. The van der Waals surface area contributed by atoms with Crippen molar-refractivity contribution in [3.8, 4) is 5.88 Å². The van der Waals surface area contributed by atoms with Gasteiger partial charge in [0.1, 0.15) is 5.69 Å². The van der Waals surface area contributed by atoms with Crippen molar-refractivity contribution in [2.75, 3.05) is 24.9 Å². The smallest absolute Gasteiger partial charge is 0.397 e. The number of anilines is 1. The molecule has 0 aliphatic carbocycles. The molecule has 0 aromatic carbocycles. The molecule has 25 heavy (non-hydrogen) atoms. The van der Waals surface area contributed by atoms with E-state index in [0.29, 0.717) is 0 Å². The number of nitrogens with one attached hydrogen (secondary N) is 2. The van der Waals surface area contributed by atoms with E-state index >= 15 is 0 Å². The summed E-state index contributed by atoms with van der Waals surface area (Å²) in [5.74, 6) is -3.28. The van der Waals surface area contributed by atoms with E-state index in [-0.39, 0.29) is 18.3 Å². The van der Waals surface area contributed by atoms with Gasteiger partial charge in [0.2, 0.25) is 0 Å². The van der Waals surface area contributed by atoms with Gasteiger partial charge in [0.05, 0.1) is 6.20 Å². The summed E-state index contributed by atoms with van der Waals surface area (Å²) in [5.41, 5.74) is -0.382. The van der Waals surface area contributed by atoms with E-state index in [1.807, 2.05) is 16.7 Å². The number of likely N-dealkylation sites (tertiary alicyclic amines) is 1. The molecule has 0 unspecified atom stereocenters. The van der Waals surface area contributed by atoms with E-state index in [0.717, 1.165) is 30.3 Å². The van der Waals surface area contributed by atoms with E-state index in [9.17, 15) is 26.4 Å². The van der Waals surface area contributed by atoms with Gasteiger partial charge in [-0.25, -0.2) is 4.79 Å². The molecule has 0 bridgehead atoms. The van der Waals surface area contributed by atoms with Crippen molar-refractivity contribution in [1.82, 2.24) is 19.4 Å². The van der Waals surface area contributed by atoms with Gasteiger partial charge in [0.25, 0.3) is 16.1 Å². The van der Waals surface area contributed by atoms with Crippen molar-refractivity contribution in [2.45, 2.75) is 25.1 Å². The molecule has 1 atom stereocenters. The summed E-state index contributed by atoms with van der Waals surface area (Å²) in [7, 11) is -0.871. The SMILES string of the molecule is CN1CCC[C@H]1CNS(=O)(=O)Nc1cn(C)nc1OC(=O)C(F)(F)F. The molecule has 1 aromatic rings. The van der Waals surface area contributed by atoms with Crippen LogP contribution in [0, 0.1) is 0 Å². The summed E-state index contributed by atoms with van der Waals surface area (Å²) in [6, 6.07) is 0.0352. The first kappa shape index (κ1) is 19.5. The lowest BCUT2D eigenvalue weighted by Gasteiger charge is -2.19. The van der Waals surface area contributed by atoms with Crippen molar-refractivity contribution in [3.63, 3.8) is 0 Å². The minimum absolute atomic E-state index is 0.0352. The molecule has 0 amide bonds. The van der Waals surface area contributed by atoms with Gasteiger partial charge < -0.3 is 9.64 Å². The van der Waals surface area contributed by atoms with Crippen LogP contribution in [-0.2, 0) is 22.1 Å². The summed E-state index contributed by atoms with van der Waals surface area (Å²) >= 11 is 0. The van der Waals surface area contributed by atoms with Crippen LogP contribution in [0.3, 0.4) is 0 Å². The zero-order chi connectivity index (χ0) is 18.8. The van der Waals surface area contributed by atoms with Crippen LogP contribution < -0.4 is 14.2 Å². The maximum atomic E-state index is 12.3. The third-order valence-electron chi connectivity index (χ3n) is 3.64. The minimum atomic E-state index is -5.22. The van der Waals surface area contributed by atoms with Crippen LogP contribution in [0.1, 0.15) is 12.8 Å². The van der Waals surface area contributed by atoms with Gasteiger partial charge in [-0.15, -0.1) is 5.10 Å². The number of rotatable bonds is 6. The number of carbonyl (C=O) groups excluding carboxylic acids is 1. The molecular weight excluding hydrogens is 367 g/mol. The van der Waals surface area contributed by atoms with Crippen molar-refractivity contribution >= 4 is 21.9 Å². The van der Waals surface area contributed by atoms with Crippen LogP contribution in [0.15, 0.2) is 6.20 Å². The molecule has 1 aliphatic heterocycles. The average molecular weight is 385 g/mol. The molecule has 2 heterocycles. The molecule has 13 heteroatoms. The number of aromatic nitrogens is 2. The Morgan fingerprint density at radius 3 is 2.68 bits per heavy atom. The molecule has 1 fully saturated rings. The van der Waals surface area contributed by atoms with E-state index in [4.69, 9.17) is 0 Å². The Balaban J connectivity index is 2.04. The number of nitrogens with zero attached hydrogens (tertiary/aromatic N) is 3. The molecule has 1 aromatic heterocycles. The van der Waals surface area contributed by atoms with Crippen LogP contribution in [-0.4, -0.2) is 61.4 Å². The lowest BCUT2D eigenvalue weighted by molar-refractivity contribution is -0.189. The Kier molecular flexibility index (Phi) is 5.58. The summed E-state index contributed by atoms with van der Waals surface area (Å²) in [4.78, 5) is 12.9. The van der Waals surface area contributed by atoms with Crippen LogP contribution in [0.4, 0.5) is 18.9 Å². The van der Waals surface area contributed by atoms with Crippen LogP contribution in [0.25, 0.3) is 0 Å². The topological polar surface area (TPSA) is 106 Å². The molecule has 9 nitrogen and oxygen atoms in total. The van der Waals surface area contributed by atoms with E-state index < -0.39 is 28.2 Å². The monoisotopic (exact) mass is 385 g/mol. The van der Waals surface area contributed by atoms with Crippen molar-refractivity contribution < 1.29 is 31.1 Å². The zero-order valence-electron chi connectivity index (χ0n) is 13.5. The molecular formula is C12H18F3N5O4S. The fourth-order valence-corrected chi connectivity index (χ4v) is 3.30. The summed E-state index contributed by atoms with van der Waals surface area (Å²) in [5, 5.41) is 3.51. The number of likely N-dealkylation sites (N-methyl/N-ethyl adjacent to an activating group) is 1. The fourth-order valence-electron chi connectivity index (χ4n) is 2.38. The first-order chi connectivity index (χ1) is 11.5. The first-order valence-corrected chi connectivity index (χ1v) is 8.76. The normalized spacial score (nSPS) is 19.2. The maximum Gasteiger partial charge on any atom is 0.491 e. The number of aryl methyl sites for hydroxylation is 1. The number of hydrogen-bond acceptors (Lipinski definition) is 6. The molecule has 0 radical (unpaired) electrons. The molecule has 0 spiro atoms. The van der Waals surface area contributed by atoms with Gasteiger partial charge in [-0.1, -0.05) is 0 Å². The van der Waals surface area contributed by atoms with E-state index in [2.05, 4.69) is 14.6 Å². The highest BCUT2D eigenvalue weighted by Crippen LogP contribution is 2.26. The van der Waals surface area contributed by atoms with Gasteiger partial charge in [-0.05, 0) is 26.4 Å². The van der Waals surface area contributed by atoms with Gasteiger partial charge >= 0.3 is 12.1 Å². The van der Waals surface area contributed by atoms with Gasteiger partial charge in [-0.3, -0.25) is 9.40 Å². The second kappa shape index (κ2) is 7.17. The van der Waals surface area contributed by atoms with Crippen LogP contribution in [0.5, 0.6) is 5.88 Å². The predicted octanol–water partition coefficient (Wildman–Crippen LogP) is 0.228. The molecule has 2 N–H and O–H groups in total. The van der Waals surface area contributed by atoms with Crippen molar-refractivity contribution in [2.24, 2.45) is 7.05 Å². The Morgan fingerprint density at radius 2 is 2.12 bits per heavy atom. The van der Waals surface area contributed by atoms with Gasteiger partial charge in [-0.2, -0.15) is 26.3 Å². The van der Waals surface area contributed by atoms with E-state index in [1.165, 1.54) is 7.05 Å². The first-order valence-electron chi connectivity index (χ1n) is 7.28. The third-order valence-corrected chi connectivity index (χ3v) is 4.68. The quantitative estimate of drug-likeness (QED) is 0.679. The Labute approximate surface area is 142 Å².